The molecule has 0 aliphatic carbocycles. The molecule has 0 bridgehead atoms. The van der Waals surface area contributed by atoms with Crippen molar-refractivity contribution in [1.82, 2.24) is 9.97 Å². The molecule has 0 aliphatic rings. The molecule has 0 amide bonds. The summed E-state index contributed by atoms with van der Waals surface area (Å²) in [6.45, 7) is 3.94. The van der Waals surface area contributed by atoms with Gasteiger partial charge in [-0.05, 0) is 57.5 Å². The Morgan fingerprint density at radius 2 is 1.44 bits per heavy atom. The topological polar surface area (TPSA) is 62.7 Å². The minimum atomic E-state index is -2.63. The summed E-state index contributed by atoms with van der Waals surface area (Å²) in [6.07, 6.45) is 2.86. The van der Waals surface area contributed by atoms with Gasteiger partial charge in [0, 0.05) is 41.4 Å². The number of nitrogens with zero attached hydrogens (tertiary/aromatic N) is 3. The van der Waals surface area contributed by atoms with Crippen molar-refractivity contribution in [2.75, 3.05) is 0 Å². The summed E-state index contributed by atoms with van der Waals surface area (Å²) in [6, 6.07) is 46.9. The van der Waals surface area contributed by atoms with E-state index in [1.165, 1.54) is 11.6 Å². The minimum absolute atomic E-state index is 0. The fourth-order valence-electron chi connectivity index (χ4n) is 5.96. The zero-order valence-electron chi connectivity index (χ0n) is 31.7. The van der Waals surface area contributed by atoms with Crippen LogP contribution < -0.4 is 0 Å². The molecule has 0 aliphatic heterocycles. The van der Waals surface area contributed by atoms with Crippen LogP contribution in [0.15, 0.2) is 138 Å². The minimum Gasteiger partial charge on any atom is -0.500 e. The van der Waals surface area contributed by atoms with E-state index in [9.17, 15) is 9.65 Å². The van der Waals surface area contributed by atoms with E-state index in [-0.39, 0.29) is 31.2 Å². The summed E-state index contributed by atoms with van der Waals surface area (Å²) < 4.78 is 43.6. The first-order valence-electron chi connectivity index (χ1n) is 18.0. The number of fused-ring (bicyclic) bond motifs is 3. The van der Waals surface area contributed by atoms with Crippen molar-refractivity contribution in [2.24, 2.45) is 0 Å². The average Bonchev–Trinajstić information content (AvgIpc) is 3.57. The summed E-state index contributed by atoms with van der Waals surface area (Å²) >= 11 is 0. The van der Waals surface area contributed by atoms with Crippen LogP contribution in [0.1, 0.15) is 41.6 Å². The number of nitriles is 1. The van der Waals surface area contributed by atoms with Gasteiger partial charge in [0.2, 0.25) is 0 Å². The van der Waals surface area contributed by atoms with Crippen LogP contribution in [0.3, 0.4) is 0 Å². The van der Waals surface area contributed by atoms with Crippen molar-refractivity contribution in [3.8, 4) is 50.8 Å². The molecule has 5 aromatic carbocycles. The number of furan rings is 1. The molecule has 6 heteroatoms. The molecule has 1 radical (unpaired) electrons. The van der Waals surface area contributed by atoms with Gasteiger partial charge >= 0.3 is 0 Å². The number of pyridine rings is 2. The Morgan fingerprint density at radius 1 is 0.731 bits per heavy atom. The molecule has 0 fully saturated rings. The number of hydrogen-bond acceptors (Lipinski definition) is 4. The molecule has 8 rings (SSSR count). The fourth-order valence-corrected chi connectivity index (χ4v) is 5.96. The smallest absolute Gasteiger partial charge is 0.142 e. The van der Waals surface area contributed by atoms with Crippen molar-refractivity contribution in [3.05, 3.63) is 168 Å². The predicted octanol–water partition coefficient (Wildman–Crippen LogP) is 11.9. The summed E-state index contributed by atoms with van der Waals surface area (Å²) in [5.41, 5.74) is 8.68. The molecule has 0 spiro atoms. The zero-order chi connectivity index (χ0) is 38.0. The zero-order valence-corrected chi connectivity index (χ0v) is 31.1. The normalized spacial score (nSPS) is 12.1. The van der Waals surface area contributed by atoms with Crippen LogP contribution in [-0.4, -0.2) is 9.97 Å². The number of aromatic nitrogens is 2. The van der Waals surface area contributed by atoms with Crippen LogP contribution in [0.5, 0.6) is 0 Å². The fraction of sp³-hybridized carbons (Fsp3) is 0.109. The number of rotatable bonds is 4. The first-order chi connectivity index (χ1) is 25.9. The van der Waals surface area contributed by atoms with Gasteiger partial charge in [-0.1, -0.05) is 111 Å². The Labute approximate surface area is 321 Å². The molecule has 0 N–H and O–H groups in total. The van der Waals surface area contributed by atoms with E-state index in [1.807, 2.05) is 97.2 Å². The largest absolute Gasteiger partial charge is 0.500 e. The van der Waals surface area contributed by atoms with Gasteiger partial charge in [-0.25, -0.2) is 4.39 Å². The van der Waals surface area contributed by atoms with Gasteiger partial charge in [0.15, 0.2) is 0 Å². The third-order valence-electron chi connectivity index (χ3n) is 8.73. The van der Waals surface area contributed by atoms with Crippen molar-refractivity contribution in [1.29, 1.82) is 5.26 Å². The second-order valence-corrected chi connectivity index (χ2v) is 13.1. The summed E-state index contributed by atoms with van der Waals surface area (Å²) in [7, 11) is 0. The molecule has 257 valence electrons. The van der Waals surface area contributed by atoms with Crippen LogP contribution in [0.25, 0.3) is 66.7 Å². The van der Waals surface area contributed by atoms with Crippen molar-refractivity contribution >= 4 is 21.9 Å². The molecule has 3 heterocycles. The molecule has 0 saturated carbocycles. The van der Waals surface area contributed by atoms with Crippen LogP contribution in [0.4, 0.5) is 4.39 Å². The van der Waals surface area contributed by atoms with Gasteiger partial charge in [0.25, 0.3) is 0 Å². The van der Waals surface area contributed by atoms with Crippen molar-refractivity contribution in [3.63, 3.8) is 0 Å². The molecule has 0 saturated heterocycles. The Kier molecular flexibility index (Phi) is 9.44. The maximum Gasteiger partial charge on any atom is 0.142 e. The summed E-state index contributed by atoms with van der Waals surface area (Å²) in [5.74, 6) is -0.898. The molecular weight excluding hydrogens is 822 g/mol. The van der Waals surface area contributed by atoms with E-state index in [2.05, 4.69) is 61.1 Å². The van der Waals surface area contributed by atoms with Gasteiger partial charge in [0.05, 0.1) is 23.4 Å². The molecule has 3 aromatic heterocycles. The Morgan fingerprint density at radius 3 is 2.12 bits per heavy atom. The molecule has 52 heavy (non-hydrogen) atoms. The van der Waals surface area contributed by atoms with E-state index in [1.54, 1.807) is 12.1 Å². The second kappa shape index (κ2) is 15.3. The van der Waals surface area contributed by atoms with E-state index >= 15 is 0 Å². The molecule has 0 atom stereocenters. The SMILES string of the molecule is CC(C)(C)c1ccc(-c2[c-]cccc2)nc1.[2H]C([2H])([2H])c1cc(-c2[c-]ccc3c2oc2c(-c4ccc(-c5ccccc5)cc4)c(C#N)ccc23)ncc1F.[Ir]. The maximum absolute atomic E-state index is 14.2. The van der Waals surface area contributed by atoms with Gasteiger partial charge in [-0.2, -0.15) is 5.26 Å². The summed E-state index contributed by atoms with van der Waals surface area (Å²) in [4.78, 5) is 8.61. The van der Waals surface area contributed by atoms with Crippen LogP contribution in [0.2, 0.25) is 0 Å². The van der Waals surface area contributed by atoms with Crippen LogP contribution >= 0.6 is 0 Å². The van der Waals surface area contributed by atoms with Crippen molar-refractivity contribution < 1.29 is 33.0 Å². The van der Waals surface area contributed by atoms with E-state index in [0.717, 1.165) is 44.9 Å². The first-order valence-corrected chi connectivity index (χ1v) is 16.5. The average molecular weight is 859 g/mol. The van der Waals surface area contributed by atoms with Crippen LogP contribution in [0, 0.1) is 36.1 Å². The monoisotopic (exact) mass is 859 g/mol. The van der Waals surface area contributed by atoms with Crippen molar-refractivity contribution in [2.45, 2.75) is 33.0 Å². The van der Waals surface area contributed by atoms with Crippen LogP contribution in [-0.2, 0) is 25.5 Å². The van der Waals surface area contributed by atoms with Gasteiger partial charge in [-0.3, -0.25) is 0 Å². The van der Waals surface area contributed by atoms with Gasteiger partial charge < -0.3 is 14.4 Å². The third kappa shape index (κ3) is 7.34. The molecular formula is C46H34FIrN3O-2. The molecule has 0 unspecified atom stereocenters. The number of halogens is 1. The van der Waals surface area contributed by atoms with E-state index in [0.29, 0.717) is 27.9 Å². The third-order valence-corrected chi connectivity index (χ3v) is 8.73. The predicted molar refractivity (Wildman–Crippen MR) is 203 cm³/mol. The quantitative estimate of drug-likeness (QED) is 0.165. The second-order valence-electron chi connectivity index (χ2n) is 13.1. The van der Waals surface area contributed by atoms with Gasteiger partial charge in [0.1, 0.15) is 11.4 Å². The Hall–Kier alpha value is -5.73. The maximum atomic E-state index is 14.2. The number of aryl methyl sites for hydroxylation is 1. The number of benzene rings is 5. The first kappa shape index (κ1) is 32.2. The molecule has 4 nitrogen and oxygen atoms in total. The number of hydrogen-bond donors (Lipinski definition) is 0. The van der Waals surface area contributed by atoms with E-state index in [4.69, 9.17) is 8.53 Å². The Bertz CT molecular complexity index is 2630. The van der Waals surface area contributed by atoms with E-state index < -0.39 is 18.2 Å². The molecule has 8 aromatic rings. The Balaban J connectivity index is 0.000000254. The standard InChI is InChI=1S/C31H18FN2O.C15H16N.Ir/c1-19-16-28(34-18-27(19)32)26-9-5-8-24-25-15-14-23(17-33)29(31(25)35-30(24)26)22-12-10-21(11-13-22)20-6-3-2-4-7-20;1-15(2,3)13-9-10-14(16-11-13)12-7-5-4-6-8-12;/h2-8,10-16,18H,1H3;4-7,9-11H,1-3H3;/q2*-1;/i1D3;;. The van der Waals surface area contributed by atoms with Gasteiger partial charge in [-0.15, -0.1) is 54.1 Å². The summed E-state index contributed by atoms with van der Waals surface area (Å²) in [5, 5.41) is 11.5.